The molecule has 0 bridgehead atoms. The molecule has 0 N–H and O–H groups in total. The van der Waals surface area contributed by atoms with Crippen molar-refractivity contribution in [2.75, 3.05) is 20.2 Å². The highest BCUT2D eigenvalue weighted by molar-refractivity contribution is 7.92. The Kier molecular flexibility index (Phi) is 5.67. The quantitative estimate of drug-likeness (QED) is 0.678. The Hall–Kier alpha value is -2.11. The fraction of sp³-hybridized carbons (Fsp3) is 0.333. The van der Waals surface area contributed by atoms with E-state index in [9.17, 15) is 30.0 Å². The molecule has 158 valence electrons. The average Bonchev–Trinajstić information content (AvgIpc) is 2.59. The van der Waals surface area contributed by atoms with Crippen LogP contribution in [0.5, 0.6) is 5.75 Å². The third kappa shape index (κ3) is 4.57. The van der Waals surface area contributed by atoms with Crippen molar-refractivity contribution in [1.82, 2.24) is 4.31 Å². The Morgan fingerprint density at radius 3 is 2.21 bits per heavy atom. The van der Waals surface area contributed by atoms with Gasteiger partial charge in [0.05, 0.1) is 28.6 Å². The highest BCUT2D eigenvalue weighted by Gasteiger charge is 2.43. The number of hydrogen-bond acceptors (Lipinski definition) is 5. The van der Waals surface area contributed by atoms with Crippen LogP contribution in [0.2, 0.25) is 0 Å². The Morgan fingerprint density at radius 2 is 1.66 bits per heavy atom. The highest BCUT2D eigenvalue weighted by atomic mass is 32.2. The predicted octanol–water partition coefficient (Wildman–Crippen LogP) is 2.70. The van der Waals surface area contributed by atoms with E-state index in [1.807, 2.05) is 0 Å². The van der Waals surface area contributed by atoms with Crippen LogP contribution in [0.15, 0.2) is 53.4 Å². The van der Waals surface area contributed by atoms with Gasteiger partial charge in [0.1, 0.15) is 5.75 Å². The second-order valence-electron chi connectivity index (χ2n) is 6.61. The number of methoxy groups -OCH3 is 1. The second kappa shape index (κ2) is 7.62. The Bertz CT molecular complexity index is 1090. The van der Waals surface area contributed by atoms with Crippen LogP contribution in [0.3, 0.4) is 0 Å². The van der Waals surface area contributed by atoms with Crippen molar-refractivity contribution in [1.29, 1.82) is 0 Å². The van der Waals surface area contributed by atoms with Gasteiger partial charge in [-0.2, -0.15) is 17.5 Å². The molecule has 2 aromatic rings. The summed E-state index contributed by atoms with van der Waals surface area (Å²) < 4.78 is 94.5. The van der Waals surface area contributed by atoms with Gasteiger partial charge >= 0.3 is 6.18 Å². The molecule has 1 heterocycles. The van der Waals surface area contributed by atoms with Gasteiger partial charge in [-0.25, -0.2) is 16.8 Å². The zero-order chi connectivity index (χ0) is 21.4. The van der Waals surface area contributed by atoms with Crippen molar-refractivity contribution < 1.29 is 34.7 Å². The number of rotatable bonds is 6. The molecule has 2 aromatic carbocycles. The Labute approximate surface area is 166 Å². The third-order valence-corrected chi connectivity index (χ3v) is 8.53. The van der Waals surface area contributed by atoms with Gasteiger partial charge in [0, 0.05) is 13.1 Å². The summed E-state index contributed by atoms with van der Waals surface area (Å²) in [6.07, 6.45) is -4.58. The number of ether oxygens (including phenoxy) is 1. The molecule has 1 fully saturated rings. The largest absolute Gasteiger partial charge is 0.497 e. The molecule has 6 nitrogen and oxygen atoms in total. The zero-order valence-corrected chi connectivity index (χ0v) is 16.9. The minimum atomic E-state index is -4.58. The van der Waals surface area contributed by atoms with E-state index in [0.717, 1.165) is 22.5 Å². The molecule has 0 aliphatic carbocycles. The van der Waals surface area contributed by atoms with E-state index in [2.05, 4.69) is 0 Å². The summed E-state index contributed by atoms with van der Waals surface area (Å²) >= 11 is 0. The standard InChI is InChI=1S/C18H18F3NO5S2/c1-27-15-5-7-16(8-6-15)29(25,26)17-10-22(11-17)28(23,24)12-13-3-2-4-14(9-13)18(19,20)21/h2-9,17H,10-12H2,1H3. The molecule has 11 heteroatoms. The lowest BCUT2D eigenvalue weighted by molar-refractivity contribution is -0.137. The minimum Gasteiger partial charge on any atom is -0.497 e. The molecule has 3 rings (SSSR count). The molecule has 0 radical (unpaired) electrons. The maximum absolute atomic E-state index is 12.8. The van der Waals surface area contributed by atoms with E-state index in [0.29, 0.717) is 5.75 Å². The molecule has 0 atom stereocenters. The maximum Gasteiger partial charge on any atom is 0.416 e. The number of hydrogen-bond donors (Lipinski definition) is 0. The van der Waals surface area contributed by atoms with Crippen molar-refractivity contribution in [3.63, 3.8) is 0 Å². The van der Waals surface area contributed by atoms with E-state index >= 15 is 0 Å². The monoisotopic (exact) mass is 449 g/mol. The van der Waals surface area contributed by atoms with Gasteiger partial charge in [0.15, 0.2) is 9.84 Å². The second-order valence-corrected chi connectivity index (χ2v) is 10.8. The summed E-state index contributed by atoms with van der Waals surface area (Å²) in [5.41, 5.74) is -0.949. The first-order valence-corrected chi connectivity index (χ1v) is 11.6. The topological polar surface area (TPSA) is 80.8 Å². The number of alkyl halides is 3. The van der Waals surface area contributed by atoms with E-state index in [1.165, 1.54) is 37.4 Å². The van der Waals surface area contributed by atoms with E-state index in [1.54, 1.807) is 0 Å². The fourth-order valence-electron chi connectivity index (χ4n) is 2.92. The molecule has 1 aliphatic heterocycles. The van der Waals surface area contributed by atoms with Crippen LogP contribution in [-0.2, 0) is 31.8 Å². The summed E-state index contributed by atoms with van der Waals surface area (Å²) in [5.74, 6) is -0.144. The fourth-order valence-corrected chi connectivity index (χ4v) is 6.36. The number of sulfonamides is 1. The molecule has 0 amide bonds. The van der Waals surface area contributed by atoms with Crippen LogP contribution in [0.25, 0.3) is 0 Å². The van der Waals surface area contributed by atoms with Gasteiger partial charge in [-0.05, 0) is 35.9 Å². The SMILES string of the molecule is COc1ccc(S(=O)(=O)C2CN(S(=O)(=O)Cc3cccc(C(F)(F)F)c3)C2)cc1. The van der Waals surface area contributed by atoms with Crippen molar-refractivity contribution in [3.05, 3.63) is 59.7 Å². The highest BCUT2D eigenvalue weighted by Crippen LogP contribution is 2.31. The van der Waals surface area contributed by atoms with Crippen molar-refractivity contribution >= 4 is 19.9 Å². The summed E-state index contributed by atoms with van der Waals surface area (Å²) in [7, 11) is -6.23. The first kappa shape index (κ1) is 21.6. The van der Waals surface area contributed by atoms with E-state index in [4.69, 9.17) is 4.74 Å². The van der Waals surface area contributed by atoms with Gasteiger partial charge in [-0.1, -0.05) is 18.2 Å². The molecule has 1 aliphatic rings. The van der Waals surface area contributed by atoms with Crippen LogP contribution < -0.4 is 4.74 Å². The van der Waals surface area contributed by atoms with Gasteiger partial charge in [0.2, 0.25) is 10.0 Å². The van der Waals surface area contributed by atoms with Crippen LogP contribution >= 0.6 is 0 Å². The molecule has 29 heavy (non-hydrogen) atoms. The summed E-state index contributed by atoms with van der Waals surface area (Å²) in [5, 5.41) is -0.910. The Morgan fingerprint density at radius 1 is 1.03 bits per heavy atom. The smallest absolute Gasteiger partial charge is 0.416 e. The van der Waals surface area contributed by atoms with Crippen molar-refractivity contribution in [3.8, 4) is 5.75 Å². The normalized spacial score (nSPS) is 16.4. The predicted molar refractivity (Wildman–Crippen MR) is 99.6 cm³/mol. The summed E-state index contributed by atoms with van der Waals surface area (Å²) in [6, 6.07) is 9.82. The number of benzene rings is 2. The number of halogens is 3. The zero-order valence-electron chi connectivity index (χ0n) is 15.3. The molecule has 0 spiro atoms. The Balaban J connectivity index is 1.69. The summed E-state index contributed by atoms with van der Waals surface area (Å²) in [4.78, 5) is 0.0539. The minimum absolute atomic E-state index is 0.0127. The van der Waals surface area contributed by atoms with Gasteiger partial charge in [-0.15, -0.1) is 0 Å². The van der Waals surface area contributed by atoms with E-state index < -0.39 is 42.6 Å². The van der Waals surface area contributed by atoms with Gasteiger partial charge in [0.25, 0.3) is 0 Å². The number of sulfone groups is 1. The lowest BCUT2D eigenvalue weighted by atomic mass is 10.1. The molecule has 0 saturated carbocycles. The van der Waals surface area contributed by atoms with Crippen LogP contribution in [-0.4, -0.2) is 46.6 Å². The lowest BCUT2D eigenvalue weighted by Crippen LogP contribution is -2.56. The average molecular weight is 449 g/mol. The van der Waals surface area contributed by atoms with Gasteiger partial charge < -0.3 is 4.74 Å². The first-order chi connectivity index (χ1) is 13.4. The maximum atomic E-state index is 12.8. The van der Waals surface area contributed by atoms with Crippen LogP contribution in [0, 0.1) is 0 Å². The van der Waals surface area contributed by atoms with Crippen molar-refractivity contribution in [2.45, 2.75) is 22.1 Å². The van der Waals surface area contributed by atoms with Crippen LogP contribution in [0.1, 0.15) is 11.1 Å². The van der Waals surface area contributed by atoms with Crippen LogP contribution in [0.4, 0.5) is 13.2 Å². The van der Waals surface area contributed by atoms with Crippen molar-refractivity contribution in [2.24, 2.45) is 0 Å². The van der Waals surface area contributed by atoms with Gasteiger partial charge in [-0.3, -0.25) is 0 Å². The molecular formula is C18H18F3NO5S2. The molecular weight excluding hydrogens is 431 g/mol. The molecule has 0 aromatic heterocycles. The first-order valence-electron chi connectivity index (χ1n) is 8.45. The van der Waals surface area contributed by atoms with E-state index in [-0.39, 0.29) is 23.5 Å². The summed E-state index contributed by atoms with van der Waals surface area (Å²) in [6.45, 7) is -0.481. The molecule has 1 saturated heterocycles. The third-order valence-electron chi connectivity index (χ3n) is 4.64. The lowest BCUT2D eigenvalue weighted by Gasteiger charge is -2.37. The molecule has 0 unspecified atom stereocenters. The number of nitrogens with zero attached hydrogens (tertiary/aromatic N) is 1.